The molecule has 0 radical (unpaired) electrons. The first kappa shape index (κ1) is 19.3. The van der Waals surface area contributed by atoms with Crippen molar-refractivity contribution >= 4 is 28.9 Å². The number of rotatable bonds is 5. The van der Waals surface area contributed by atoms with Crippen molar-refractivity contribution in [2.75, 3.05) is 5.32 Å². The molecule has 140 valence electrons. The number of hydrogen-bond acceptors (Lipinski definition) is 4. The van der Waals surface area contributed by atoms with Crippen molar-refractivity contribution in [2.24, 2.45) is 16.7 Å². The summed E-state index contributed by atoms with van der Waals surface area (Å²) in [4.78, 5) is 12.6. The van der Waals surface area contributed by atoms with E-state index in [0.29, 0.717) is 10.6 Å². The number of hydrogen-bond donors (Lipinski definition) is 1. The fourth-order valence-corrected chi connectivity index (χ4v) is 3.74. The number of halogens is 1. The Kier molecular flexibility index (Phi) is 4.92. The molecule has 1 saturated carbocycles. The van der Waals surface area contributed by atoms with Gasteiger partial charge in [0.1, 0.15) is 6.07 Å². The summed E-state index contributed by atoms with van der Waals surface area (Å²) < 4.78 is 5.56. The molecule has 3 rings (SSSR count). The lowest BCUT2D eigenvalue weighted by Gasteiger charge is -2.14. The van der Waals surface area contributed by atoms with Gasteiger partial charge in [-0.1, -0.05) is 51.4 Å². The van der Waals surface area contributed by atoms with E-state index in [2.05, 4.69) is 39.1 Å². The molecule has 0 amide bonds. The summed E-state index contributed by atoms with van der Waals surface area (Å²) in [7, 11) is 0. The molecule has 0 heterocycles. The van der Waals surface area contributed by atoms with Crippen LogP contribution in [-0.4, -0.2) is 5.97 Å². The predicted octanol–water partition coefficient (Wildman–Crippen LogP) is 5.87. The highest BCUT2D eigenvalue weighted by Crippen LogP contribution is 2.68. The quantitative estimate of drug-likeness (QED) is 0.656. The number of anilines is 2. The van der Waals surface area contributed by atoms with E-state index in [1.54, 1.807) is 18.2 Å². The predicted molar refractivity (Wildman–Crippen MR) is 107 cm³/mol. The van der Waals surface area contributed by atoms with Crippen LogP contribution in [0.1, 0.15) is 39.4 Å². The molecule has 4 nitrogen and oxygen atoms in total. The Morgan fingerprint density at radius 2 is 1.74 bits per heavy atom. The zero-order valence-corrected chi connectivity index (χ0v) is 16.7. The first-order valence-corrected chi connectivity index (χ1v) is 9.27. The molecule has 0 bridgehead atoms. The third-order valence-corrected chi connectivity index (χ3v) is 6.18. The van der Waals surface area contributed by atoms with Gasteiger partial charge in [0.2, 0.25) is 6.10 Å². The van der Waals surface area contributed by atoms with Gasteiger partial charge in [0.25, 0.3) is 0 Å². The maximum Gasteiger partial charge on any atom is 0.311 e. The van der Waals surface area contributed by atoms with Gasteiger partial charge in [0.05, 0.1) is 5.92 Å². The van der Waals surface area contributed by atoms with Crippen LogP contribution in [0.4, 0.5) is 11.4 Å². The minimum absolute atomic E-state index is 0.123. The van der Waals surface area contributed by atoms with Crippen LogP contribution in [0.2, 0.25) is 5.02 Å². The van der Waals surface area contributed by atoms with E-state index in [4.69, 9.17) is 16.3 Å². The minimum atomic E-state index is -0.934. The maximum absolute atomic E-state index is 12.6. The zero-order valence-electron chi connectivity index (χ0n) is 15.9. The second-order valence-corrected chi connectivity index (χ2v) is 8.52. The van der Waals surface area contributed by atoms with Crippen molar-refractivity contribution in [1.82, 2.24) is 0 Å². The molecule has 0 aromatic heterocycles. The number of benzene rings is 2. The van der Waals surface area contributed by atoms with E-state index >= 15 is 0 Å². The van der Waals surface area contributed by atoms with E-state index in [0.717, 1.165) is 11.4 Å². The van der Waals surface area contributed by atoms with E-state index in [-0.39, 0.29) is 22.7 Å². The van der Waals surface area contributed by atoms with Gasteiger partial charge < -0.3 is 10.1 Å². The second-order valence-electron chi connectivity index (χ2n) is 8.08. The van der Waals surface area contributed by atoms with Crippen molar-refractivity contribution in [2.45, 2.75) is 33.8 Å². The minimum Gasteiger partial charge on any atom is -0.442 e. The van der Waals surface area contributed by atoms with Crippen LogP contribution in [0.3, 0.4) is 0 Å². The lowest BCUT2D eigenvalue weighted by molar-refractivity contribution is -0.150. The molecule has 2 aromatic rings. The van der Waals surface area contributed by atoms with Crippen LogP contribution in [0.5, 0.6) is 0 Å². The standard InChI is InChI=1S/C22H23ClN2O2/c1-21(2)19(22(21,3)4)20(26)27-18(13-24)14-6-5-7-17(12-14)25-16-10-8-15(23)9-11-16/h5-12,18-19,25H,1-4H3. The van der Waals surface area contributed by atoms with Crippen LogP contribution in [0.15, 0.2) is 48.5 Å². The fraction of sp³-hybridized carbons (Fsp3) is 0.364. The van der Waals surface area contributed by atoms with E-state index in [9.17, 15) is 10.1 Å². The van der Waals surface area contributed by atoms with Gasteiger partial charge in [0.15, 0.2) is 0 Å². The molecular weight excluding hydrogens is 360 g/mol. The molecule has 27 heavy (non-hydrogen) atoms. The largest absolute Gasteiger partial charge is 0.442 e. The molecule has 1 unspecified atom stereocenters. The maximum atomic E-state index is 12.6. The fourth-order valence-electron chi connectivity index (χ4n) is 3.62. The summed E-state index contributed by atoms with van der Waals surface area (Å²) in [6, 6.07) is 16.8. The molecule has 5 heteroatoms. The van der Waals surface area contributed by atoms with Crippen LogP contribution < -0.4 is 5.32 Å². The van der Waals surface area contributed by atoms with Crippen molar-refractivity contribution in [3.05, 3.63) is 59.1 Å². The highest BCUT2D eigenvalue weighted by Gasteiger charge is 2.69. The molecule has 1 atom stereocenters. The van der Waals surface area contributed by atoms with E-state index < -0.39 is 6.10 Å². The number of ether oxygens (including phenoxy) is 1. The molecule has 1 N–H and O–H groups in total. The van der Waals surface area contributed by atoms with E-state index in [1.807, 2.05) is 30.3 Å². The van der Waals surface area contributed by atoms with Crippen LogP contribution in [-0.2, 0) is 9.53 Å². The number of nitriles is 1. The molecular formula is C22H23ClN2O2. The summed E-state index contributed by atoms with van der Waals surface area (Å²) in [5, 5.41) is 13.5. The lowest BCUT2D eigenvalue weighted by Crippen LogP contribution is -2.15. The second kappa shape index (κ2) is 6.90. The molecule has 1 fully saturated rings. The van der Waals surface area contributed by atoms with Crippen molar-refractivity contribution < 1.29 is 9.53 Å². The first-order chi connectivity index (χ1) is 12.7. The molecule has 0 aliphatic heterocycles. The zero-order chi connectivity index (χ0) is 19.8. The third kappa shape index (κ3) is 3.65. The van der Waals surface area contributed by atoms with Gasteiger partial charge in [-0.15, -0.1) is 0 Å². The highest BCUT2D eigenvalue weighted by molar-refractivity contribution is 6.30. The molecule has 1 aliphatic rings. The average molecular weight is 383 g/mol. The third-order valence-electron chi connectivity index (χ3n) is 5.93. The molecule has 0 spiro atoms. The van der Waals surface area contributed by atoms with E-state index in [1.165, 1.54) is 0 Å². The first-order valence-electron chi connectivity index (χ1n) is 8.89. The Morgan fingerprint density at radius 1 is 1.11 bits per heavy atom. The Balaban J connectivity index is 1.74. The number of carbonyl (C=O) groups is 1. The Morgan fingerprint density at radius 3 is 2.30 bits per heavy atom. The van der Waals surface area contributed by atoms with Gasteiger partial charge in [-0.2, -0.15) is 5.26 Å². The van der Waals surface area contributed by atoms with Crippen molar-refractivity contribution in [1.29, 1.82) is 5.26 Å². The number of nitrogens with one attached hydrogen (secondary N) is 1. The van der Waals surface area contributed by atoms with Crippen LogP contribution in [0.25, 0.3) is 0 Å². The lowest BCUT2D eigenvalue weighted by atomic mass is 10.0. The smallest absolute Gasteiger partial charge is 0.311 e. The van der Waals surface area contributed by atoms with Gasteiger partial charge in [-0.3, -0.25) is 4.79 Å². The van der Waals surface area contributed by atoms with Gasteiger partial charge in [-0.05, 0) is 47.2 Å². The number of esters is 1. The SMILES string of the molecule is CC1(C)C(C(=O)OC(C#N)c2cccc(Nc3ccc(Cl)cc3)c2)C1(C)C. The van der Waals surface area contributed by atoms with Crippen molar-refractivity contribution in [3.63, 3.8) is 0 Å². The summed E-state index contributed by atoms with van der Waals surface area (Å²) in [6.45, 7) is 8.21. The Hall–Kier alpha value is -2.51. The molecule has 0 saturated heterocycles. The van der Waals surface area contributed by atoms with Crippen molar-refractivity contribution in [3.8, 4) is 6.07 Å². The monoisotopic (exact) mass is 382 g/mol. The van der Waals surface area contributed by atoms with Gasteiger partial charge >= 0.3 is 5.97 Å². The summed E-state index contributed by atoms with van der Waals surface area (Å²) in [5.41, 5.74) is 2.08. The molecule has 1 aliphatic carbocycles. The van der Waals surface area contributed by atoms with Gasteiger partial charge in [-0.25, -0.2) is 0 Å². The normalized spacial score (nSPS) is 18.2. The number of nitrogens with zero attached hydrogens (tertiary/aromatic N) is 1. The van der Waals surface area contributed by atoms with Gasteiger partial charge in [0, 0.05) is 22.0 Å². The van der Waals surface area contributed by atoms with Crippen LogP contribution in [0, 0.1) is 28.1 Å². The summed E-state index contributed by atoms with van der Waals surface area (Å²) in [5.74, 6) is -0.510. The highest BCUT2D eigenvalue weighted by atomic mass is 35.5. The summed E-state index contributed by atoms with van der Waals surface area (Å²) >= 11 is 5.91. The Labute approximate surface area is 165 Å². The average Bonchev–Trinajstić information content (AvgIpc) is 3.04. The topological polar surface area (TPSA) is 62.1 Å². The molecule has 2 aromatic carbocycles. The summed E-state index contributed by atoms with van der Waals surface area (Å²) in [6.07, 6.45) is -0.934. The Bertz CT molecular complexity index is 883. The van der Waals surface area contributed by atoms with Crippen LogP contribution >= 0.6 is 11.6 Å². The number of carbonyl (C=O) groups excluding carboxylic acids is 1.